The van der Waals surface area contributed by atoms with Gasteiger partial charge in [-0.2, -0.15) is 0 Å². The molecule has 0 saturated heterocycles. The minimum Gasteiger partial charge on any atom is -0.457 e. The second-order valence-electron chi connectivity index (χ2n) is 7.45. The molecule has 0 spiro atoms. The Balaban J connectivity index is 1.95. The Bertz CT molecular complexity index is 1250. The van der Waals surface area contributed by atoms with Gasteiger partial charge in [0.05, 0.1) is 11.0 Å². The highest BCUT2D eigenvalue weighted by molar-refractivity contribution is 7.17. The molecule has 0 aliphatic carbocycles. The van der Waals surface area contributed by atoms with Crippen LogP contribution in [-0.4, -0.2) is 9.67 Å². The maximum absolute atomic E-state index is 12.5. The summed E-state index contributed by atoms with van der Waals surface area (Å²) in [4.78, 5) is 12.5. The van der Waals surface area contributed by atoms with Crippen LogP contribution in [0.3, 0.4) is 0 Å². The van der Waals surface area contributed by atoms with Gasteiger partial charge in [-0.3, -0.25) is 4.79 Å². The predicted molar refractivity (Wildman–Crippen MR) is 119 cm³/mol. The molecule has 2 aromatic carbocycles. The van der Waals surface area contributed by atoms with Crippen LogP contribution in [0.2, 0.25) is 5.02 Å². The van der Waals surface area contributed by atoms with Gasteiger partial charge in [0.2, 0.25) is 0 Å². The molecule has 0 bridgehead atoms. The topological polar surface area (TPSA) is 51.5 Å². The SMILES string of the molecule is Cn1cc(-c2cc(C(C)(C)O)ccc2Oc2ccc(Cl)cc2)c2sccc2c1=O. The number of benzene rings is 2. The third-order valence-electron chi connectivity index (χ3n) is 4.80. The molecular formula is C23H20ClNO3S. The lowest BCUT2D eigenvalue weighted by molar-refractivity contribution is 0.0786. The number of aryl methyl sites for hydroxylation is 1. The van der Waals surface area contributed by atoms with E-state index in [9.17, 15) is 9.90 Å². The van der Waals surface area contributed by atoms with Gasteiger partial charge in [-0.15, -0.1) is 11.3 Å². The maximum Gasteiger partial charge on any atom is 0.259 e. The van der Waals surface area contributed by atoms with Gasteiger partial charge >= 0.3 is 0 Å². The minimum absolute atomic E-state index is 0.0381. The molecule has 0 atom stereocenters. The molecule has 2 aromatic heterocycles. The number of halogens is 1. The van der Waals surface area contributed by atoms with Gasteiger partial charge in [-0.25, -0.2) is 0 Å². The fourth-order valence-electron chi connectivity index (χ4n) is 3.22. The summed E-state index contributed by atoms with van der Waals surface area (Å²) >= 11 is 7.50. The summed E-state index contributed by atoms with van der Waals surface area (Å²) in [5, 5.41) is 13.7. The first-order chi connectivity index (χ1) is 13.7. The zero-order valence-electron chi connectivity index (χ0n) is 16.3. The van der Waals surface area contributed by atoms with E-state index < -0.39 is 5.60 Å². The average molecular weight is 426 g/mol. The average Bonchev–Trinajstić information content (AvgIpc) is 3.16. The van der Waals surface area contributed by atoms with Crippen LogP contribution >= 0.6 is 22.9 Å². The largest absolute Gasteiger partial charge is 0.457 e. The summed E-state index contributed by atoms with van der Waals surface area (Å²) in [6, 6.07) is 14.6. The first-order valence-corrected chi connectivity index (χ1v) is 10.4. The van der Waals surface area contributed by atoms with E-state index in [1.807, 2.05) is 35.8 Å². The summed E-state index contributed by atoms with van der Waals surface area (Å²) in [6.07, 6.45) is 1.82. The van der Waals surface area contributed by atoms with Crippen molar-refractivity contribution in [3.8, 4) is 22.6 Å². The highest BCUT2D eigenvalue weighted by Crippen LogP contribution is 2.40. The summed E-state index contributed by atoms with van der Waals surface area (Å²) < 4.78 is 8.63. The molecule has 4 rings (SSSR count). The Kier molecular flexibility index (Phi) is 4.99. The van der Waals surface area contributed by atoms with Gasteiger partial charge in [0.15, 0.2) is 0 Å². The standard InChI is InChI=1S/C23H20ClNO3S/c1-23(2,27)14-4-9-20(28-16-7-5-15(24)6-8-16)18(12-14)19-13-25(3)22(26)17-10-11-29-21(17)19/h4-13,27H,1-3H3. The number of fused-ring (bicyclic) bond motifs is 1. The third-order valence-corrected chi connectivity index (χ3v) is 6.00. The molecule has 0 aliphatic rings. The summed E-state index contributed by atoms with van der Waals surface area (Å²) in [5.74, 6) is 1.28. The van der Waals surface area contributed by atoms with Crippen LogP contribution in [0.5, 0.6) is 11.5 Å². The van der Waals surface area contributed by atoms with Crippen molar-refractivity contribution >= 4 is 33.0 Å². The number of hydrogen-bond donors (Lipinski definition) is 1. The van der Waals surface area contributed by atoms with Gasteiger partial charge in [0, 0.05) is 34.1 Å². The Morgan fingerprint density at radius 2 is 1.79 bits per heavy atom. The van der Waals surface area contributed by atoms with Gasteiger partial charge in [-0.1, -0.05) is 17.7 Å². The second-order valence-corrected chi connectivity index (χ2v) is 8.80. The Labute approximate surface area is 177 Å². The van der Waals surface area contributed by atoms with Crippen molar-refractivity contribution in [1.82, 2.24) is 4.57 Å². The van der Waals surface area contributed by atoms with Gasteiger partial charge in [0.1, 0.15) is 11.5 Å². The van der Waals surface area contributed by atoms with Crippen LogP contribution in [0.4, 0.5) is 0 Å². The van der Waals surface area contributed by atoms with Crippen molar-refractivity contribution in [2.75, 3.05) is 0 Å². The molecule has 4 aromatic rings. The van der Waals surface area contributed by atoms with Crippen LogP contribution < -0.4 is 10.3 Å². The van der Waals surface area contributed by atoms with Crippen LogP contribution in [0.25, 0.3) is 21.2 Å². The zero-order chi connectivity index (χ0) is 20.8. The summed E-state index contributed by atoms with van der Waals surface area (Å²) in [5.41, 5.74) is 1.40. The predicted octanol–water partition coefficient (Wildman–Crippen LogP) is 5.94. The quantitative estimate of drug-likeness (QED) is 0.440. The lowest BCUT2D eigenvalue weighted by Gasteiger charge is -2.21. The molecule has 0 saturated carbocycles. The number of aromatic nitrogens is 1. The molecule has 0 unspecified atom stereocenters. The summed E-state index contributed by atoms with van der Waals surface area (Å²) in [6.45, 7) is 3.49. The molecule has 148 valence electrons. The molecule has 0 radical (unpaired) electrons. The van der Waals surface area contributed by atoms with Crippen molar-refractivity contribution in [3.63, 3.8) is 0 Å². The van der Waals surface area contributed by atoms with Crippen molar-refractivity contribution in [2.24, 2.45) is 7.05 Å². The second kappa shape index (κ2) is 7.34. The van der Waals surface area contributed by atoms with Crippen molar-refractivity contribution in [2.45, 2.75) is 19.4 Å². The number of nitrogens with zero attached hydrogens (tertiary/aromatic N) is 1. The molecule has 0 amide bonds. The van der Waals surface area contributed by atoms with E-state index in [4.69, 9.17) is 16.3 Å². The van der Waals surface area contributed by atoms with E-state index in [1.165, 1.54) is 11.3 Å². The number of pyridine rings is 1. The summed E-state index contributed by atoms with van der Waals surface area (Å²) in [7, 11) is 1.74. The van der Waals surface area contributed by atoms with Crippen molar-refractivity contribution in [1.29, 1.82) is 0 Å². The van der Waals surface area contributed by atoms with E-state index >= 15 is 0 Å². The highest BCUT2D eigenvalue weighted by Gasteiger charge is 2.21. The lowest BCUT2D eigenvalue weighted by atomic mass is 9.94. The first kappa shape index (κ1) is 19.7. The zero-order valence-corrected chi connectivity index (χ0v) is 17.8. The highest BCUT2D eigenvalue weighted by atomic mass is 35.5. The third kappa shape index (κ3) is 3.81. The van der Waals surface area contributed by atoms with Gasteiger partial charge < -0.3 is 14.4 Å². The molecule has 6 heteroatoms. The molecule has 29 heavy (non-hydrogen) atoms. The fraction of sp³-hybridized carbons (Fsp3) is 0.174. The molecule has 0 aliphatic heterocycles. The normalized spacial score (nSPS) is 11.8. The Morgan fingerprint density at radius 1 is 1.07 bits per heavy atom. The molecule has 0 fully saturated rings. The monoisotopic (exact) mass is 425 g/mol. The lowest BCUT2D eigenvalue weighted by Crippen LogP contribution is -2.17. The van der Waals surface area contributed by atoms with E-state index in [0.29, 0.717) is 21.9 Å². The number of rotatable bonds is 4. The molecule has 2 heterocycles. The van der Waals surface area contributed by atoms with Gasteiger partial charge in [-0.05, 0) is 67.3 Å². The Hall–Kier alpha value is -2.60. The van der Waals surface area contributed by atoms with Crippen molar-refractivity contribution < 1.29 is 9.84 Å². The Morgan fingerprint density at radius 3 is 2.48 bits per heavy atom. The first-order valence-electron chi connectivity index (χ1n) is 9.11. The van der Waals surface area contributed by atoms with E-state index in [1.54, 1.807) is 49.7 Å². The van der Waals surface area contributed by atoms with Crippen molar-refractivity contribution in [3.05, 3.63) is 81.0 Å². The fourth-order valence-corrected chi connectivity index (χ4v) is 4.26. The van der Waals surface area contributed by atoms with Crippen LogP contribution in [0.1, 0.15) is 19.4 Å². The van der Waals surface area contributed by atoms with E-state index in [-0.39, 0.29) is 5.56 Å². The minimum atomic E-state index is -1.01. The number of thiophene rings is 1. The van der Waals surface area contributed by atoms with Crippen LogP contribution in [0.15, 0.2) is 64.9 Å². The van der Waals surface area contributed by atoms with Gasteiger partial charge in [0.25, 0.3) is 5.56 Å². The van der Waals surface area contributed by atoms with E-state index in [0.717, 1.165) is 21.4 Å². The number of aliphatic hydroxyl groups is 1. The van der Waals surface area contributed by atoms with Crippen LogP contribution in [-0.2, 0) is 12.6 Å². The molecule has 1 N–H and O–H groups in total. The maximum atomic E-state index is 12.5. The number of ether oxygens (including phenoxy) is 1. The molecule has 4 nitrogen and oxygen atoms in total. The number of hydrogen-bond acceptors (Lipinski definition) is 4. The van der Waals surface area contributed by atoms with Crippen LogP contribution in [0, 0.1) is 0 Å². The molecular weight excluding hydrogens is 406 g/mol. The smallest absolute Gasteiger partial charge is 0.259 e. The van der Waals surface area contributed by atoms with E-state index in [2.05, 4.69) is 0 Å².